The Morgan fingerprint density at radius 3 is 1.77 bits per heavy atom. The first-order valence-electron chi connectivity index (χ1n) is 17.2. The number of ether oxygens (including phenoxy) is 4. The molecule has 43 heavy (non-hydrogen) atoms. The predicted octanol–water partition coefficient (Wildman–Crippen LogP) is 5.45. The summed E-state index contributed by atoms with van der Waals surface area (Å²) in [6, 6.07) is 0. The van der Waals surface area contributed by atoms with Crippen LogP contribution in [-0.4, -0.2) is 60.3 Å². The molecule has 0 unspecified atom stereocenters. The van der Waals surface area contributed by atoms with Crippen LogP contribution < -0.4 is 5.43 Å². The molecule has 4 bridgehead atoms. The Balaban J connectivity index is 1.10. The molecule has 0 aromatic heterocycles. The molecule has 8 heterocycles. The van der Waals surface area contributed by atoms with Crippen molar-refractivity contribution in [3.63, 3.8) is 0 Å². The number of nitrogens with zero attached hydrogens (tertiary/aromatic N) is 1. The number of rotatable bonds is 4. The summed E-state index contributed by atoms with van der Waals surface area (Å²) in [7, 11) is 1.86. The van der Waals surface area contributed by atoms with Crippen molar-refractivity contribution in [2.45, 2.75) is 147 Å². The molecule has 10 aliphatic rings. The summed E-state index contributed by atoms with van der Waals surface area (Å²) in [6.45, 7) is 13.3. The third-order valence-electron chi connectivity index (χ3n) is 13.4. The van der Waals surface area contributed by atoms with Gasteiger partial charge >= 0.3 is 0 Å². The van der Waals surface area contributed by atoms with Crippen molar-refractivity contribution in [2.24, 2.45) is 52.4 Å². The highest BCUT2D eigenvalue weighted by Gasteiger charge is 2.71. The number of nitrogens with one attached hydrogen (secondary N) is 1. The molecule has 10 nitrogen and oxygen atoms in total. The second kappa shape index (κ2) is 10.1. The van der Waals surface area contributed by atoms with Gasteiger partial charge in [0.05, 0.1) is 11.8 Å². The summed E-state index contributed by atoms with van der Waals surface area (Å²) in [4.78, 5) is 24.9. The third-order valence-corrected chi connectivity index (χ3v) is 13.4. The van der Waals surface area contributed by atoms with Crippen LogP contribution in [0.5, 0.6) is 0 Å². The summed E-state index contributed by atoms with van der Waals surface area (Å²) in [6.07, 6.45) is 7.48. The molecule has 10 heteroatoms. The summed E-state index contributed by atoms with van der Waals surface area (Å²) in [5.41, 5.74) is 2.90. The second-order valence-corrected chi connectivity index (χ2v) is 15.8. The SMILES string of the molecule is CN/N=C(/C[C@H]1O[C@@H]2O[C@@]3(C)CC[C@H]4[C@H](C)CC[C@@H]([C@H]1C)[C@@]24OO3)[C@H]1O[C@@H]2O[C@@]3(C)CC[C@H]4[C@H](C)CC[C@@H]([C@H]1C)[C@@]24OO3. The predicted molar refractivity (Wildman–Crippen MR) is 155 cm³/mol. The maximum Gasteiger partial charge on any atom is 0.201 e. The molecule has 2 aliphatic carbocycles. The molecule has 8 aliphatic heterocycles. The third kappa shape index (κ3) is 4.09. The van der Waals surface area contributed by atoms with E-state index in [4.69, 9.17) is 43.6 Å². The Kier molecular flexibility index (Phi) is 6.92. The molecule has 8 saturated heterocycles. The van der Waals surface area contributed by atoms with Crippen LogP contribution in [0.15, 0.2) is 5.10 Å². The van der Waals surface area contributed by atoms with Crippen molar-refractivity contribution < 1.29 is 38.5 Å². The van der Waals surface area contributed by atoms with Crippen LogP contribution in [0.2, 0.25) is 0 Å². The molecule has 10 rings (SSSR count). The zero-order valence-electron chi connectivity index (χ0n) is 27.0. The van der Waals surface area contributed by atoms with Crippen LogP contribution >= 0.6 is 0 Å². The van der Waals surface area contributed by atoms with Crippen LogP contribution in [0.4, 0.5) is 0 Å². The first-order chi connectivity index (χ1) is 20.5. The molecule has 0 aromatic rings. The minimum atomic E-state index is -0.804. The van der Waals surface area contributed by atoms with E-state index < -0.39 is 35.4 Å². The van der Waals surface area contributed by atoms with Gasteiger partial charge < -0.3 is 24.4 Å². The van der Waals surface area contributed by atoms with Crippen LogP contribution in [0.3, 0.4) is 0 Å². The maximum atomic E-state index is 7.01. The van der Waals surface area contributed by atoms with E-state index in [2.05, 4.69) is 33.1 Å². The Hall–Kier alpha value is -0.850. The van der Waals surface area contributed by atoms with Crippen molar-refractivity contribution in [3.8, 4) is 0 Å². The highest BCUT2D eigenvalue weighted by atomic mass is 17.3. The standard InChI is InChI=1S/C33H52N2O8/c1-17-8-10-23-19(3)26(36-28-32(23)21(17)12-14-30(5,38-28)40-42-32)16-25(35-34-7)27-20(4)24-11-9-18(2)22-13-15-31(6)39-29(37-27)33(22,24)43-41-31/h17-24,26-29,34H,8-16H2,1-7H3/b35-25-/t17-,18-,19-,20-,21+,22+,23+,24+,26-,27+,28-,29-,30-,31-,32-,33-/m1/s1. The van der Waals surface area contributed by atoms with Gasteiger partial charge in [-0.2, -0.15) is 5.10 Å². The van der Waals surface area contributed by atoms with Crippen LogP contribution in [0.25, 0.3) is 0 Å². The van der Waals surface area contributed by atoms with Crippen molar-refractivity contribution in [1.82, 2.24) is 5.43 Å². The van der Waals surface area contributed by atoms with Crippen LogP contribution in [0, 0.1) is 47.3 Å². The quantitative estimate of drug-likeness (QED) is 0.255. The Morgan fingerprint density at radius 1 is 0.674 bits per heavy atom. The summed E-state index contributed by atoms with van der Waals surface area (Å²) in [5, 5.41) is 4.90. The van der Waals surface area contributed by atoms with Crippen LogP contribution in [0.1, 0.15) is 99.3 Å². The first kappa shape index (κ1) is 29.5. The van der Waals surface area contributed by atoms with E-state index in [-0.39, 0.29) is 35.9 Å². The molecule has 2 spiro atoms. The van der Waals surface area contributed by atoms with Gasteiger partial charge in [-0.3, -0.25) is 0 Å². The van der Waals surface area contributed by atoms with E-state index >= 15 is 0 Å². The normalized spacial score (nSPS) is 59.1. The van der Waals surface area contributed by atoms with Gasteiger partial charge in [-0.25, -0.2) is 19.6 Å². The molecule has 0 radical (unpaired) electrons. The van der Waals surface area contributed by atoms with Crippen molar-refractivity contribution in [3.05, 3.63) is 0 Å². The average molecular weight is 605 g/mol. The molecule has 1 N–H and O–H groups in total. The van der Waals surface area contributed by atoms with Crippen molar-refractivity contribution in [2.75, 3.05) is 7.05 Å². The highest BCUT2D eigenvalue weighted by Crippen LogP contribution is 2.63. The van der Waals surface area contributed by atoms with Gasteiger partial charge in [-0.15, -0.1) is 0 Å². The van der Waals surface area contributed by atoms with Crippen molar-refractivity contribution >= 4 is 5.71 Å². The number of fused-ring (bicyclic) bond motifs is 4. The fraction of sp³-hybridized carbons (Fsp3) is 0.970. The molecule has 10 fully saturated rings. The van der Waals surface area contributed by atoms with E-state index in [0.29, 0.717) is 30.1 Å². The lowest BCUT2D eigenvalue weighted by Crippen LogP contribution is -2.71. The molecule has 16 atom stereocenters. The number of hydrogen-bond acceptors (Lipinski definition) is 10. The molecular weight excluding hydrogens is 552 g/mol. The Morgan fingerprint density at radius 2 is 1.21 bits per heavy atom. The highest BCUT2D eigenvalue weighted by molar-refractivity contribution is 5.89. The summed E-state index contributed by atoms with van der Waals surface area (Å²) < 4.78 is 27.3. The topological polar surface area (TPSA) is 98.2 Å². The molecule has 0 aromatic carbocycles. The van der Waals surface area contributed by atoms with Gasteiger partial charge in [0.1, 0.15) is 6.10 Å². The Bertz CT molecular complexity index is 1140. The van der Waals surface area contributed by atoms with Gasteiger partial charge in [-0.05, 0) is 87.9 Å². The van der Waals surface area contributed by atoms with Gasteiger partial charge in [0.2, 0.25) is 11.6 Å². The van der Waals surface area contributed by atoms with Gasteiger partial charge in [-0.1, -0.05) is 27.7 Å². The lowest BCUT2D eigenvalue weighted by Gasteiger charge is -2.61. The number of hydrogen-bond donors (Lipinski definition) is 1. The Labute approximate surface area is 256 Å². The fourth-order valence-corrected chi connectivity index (χ4v) is 11.1. The van der Waals surface area contributed by atoms with Crippen LogP contribution in [-0.2, 0) is 38.5 Å². The molecule has 2 saturated carbocycles. The summed E-state index contributed by atoms with van der Waals surface area (Å²) >= 11 is 0. The van der Waals surface area contributed by atoms with E-state index in [1.54, 1.807) is 0 Å². The van der Waals surface area contributed by atoms with E-state index in [0.717, 1.165) is 44.2 Å². The van der Waals surface area contributed by atoms with Gasteiger partial charge in [0, 0.05) is 38.1 Å². The smallest absolute Gasteiger partial charge is 0.201 e. The zero-order chi connectivity index (χ0) is 29.9. The molecule has 242 valence electrons. The maximum absolute atomic E-state index is 7.01. The fourth-order valence-electron chi connectivity index (χ4n) is 11.1. The van der Waals surface area contributed by atoms with Gasteiger partial charge in [0.15, 0.2) is 23.8 Å². The average Bonchev–Trinajstić information content (AvgIpc) is 3.35. The second-order valence-electron chi connectivity index (χ2n) is 15.8. The minimum Gasteiger partial charge on any atom is -0.345 e. The minimum absolute atomic E-state index is 0.0947. The monoisotopic (exact) mass is 604 g/mol. The zero-order valence-corrected chi connectivity index (χ0v) is 27.0. The van der Waals surface area contributed by atoms with Crippen molar-refractivity contribution in [1.29, 1.82) is 0 Å². The van der Waals surface area contributed by atoms with Gasteiger partial charge in [0.25, 0.3) is 0 Å². The lowest BCUT2D eigenvalue weighted by atomic mass is 9.56. The molecule has 0 amide bonds. The first-order valence-corrected chi connectivity index (χ1v) is 17.2. The van der Waals surface area contributed by atoms with E-state index in [1.165, 1.54) is 12.8 Å². The number of hydrazone groups is 1. The van der Waals surface area contributed by atoms with E-state index in [9.17, 15) is 0 Å². The summed E-state index contributed by atoms with van der Waals surface area (Å²) in [5.74, 6) is 1.06. The molecular formula is C33H52N2O8. The lowest BCUT2D eigenvalue weighted by molar-refractivity contribution is -0.571. The van der Waals surface area contributed by atoms with E-state index in [1.807, 2.05) is 20.9 Å². The largest absolute Gasteiger partial charge is 0.345 e.